The average molecular weight is 413 g/mol. The number of pyridine rings is 1. The van der Waals surface area contributed by atoms with Crippen molar-refractivity contribution in [2.45, 2.75) is 12.3 Å². The molecule has 1 fully saturated rings. The van der Waals surface area contributed by atoms with E-state index in [-0.39, 0.29) is 42.4 Å². The Hall–Kier alpha value is -3.49. The fraction of sp³-hybridized carbons (Fsp3) is 0.238. The van der Waals surface area contributed by atoms with Gasteiger partial charge >= 0.3 is 5.92 Å². The van der Waals surface area contributed by atoms with Crippen LogP contribution in [0, 0.1) is 11.7 Å². The Morgan fingerprint density at radius 2 is 1.80 bits per heavy atom. The molecule has 0 radical (unpaired) electrons. The molecule has 1 aliphatic rings. The molecule has 2 N–H and O–H groups in total. The number of carbonyl (C=O) groups is 1. The monoisotopic (exact) mass is 413 g/mol. The number of nitrogens with two attached hydrogens (primary N) is 1. The van der Waals surface area contributed by atoms with E-state index in [1.165, 1.54) is 29.4 Å². The number of amides is 1. The van der Waals surface area contributed by atoms with Crippen molar-refractivity contribution < 1.29 is 18.0 Å². The van der Waals surface area contributed by atoms with Crippen molar-refractivity contribution in [2.75, 3.05) is 18.8 Å². The molecule has 0 aliphatic carbocycles. The molecule has 3 aromatic rings. The molecule has 0 bridgehead atoms. The van der Waals surface area contributed by atoms with E-state index in [0.717, 1.165) is 0 Å². The van der Waals surface area contributed by atoms with Crippen molar-refractivity contribution in [3.8, 4) is 11.3 Å². The van der Waals surface area contributed by atoms with Gasteiger partial charge in [0.25, 0.3) is 0 Å². The van der Waals surface area contributed by atoms with Crippen molar-refractivity contribution in [3.05, 3.63) is 72.2 Å². The fourth-order valence-electron chi connectivity index (χ4n) is 3.29. The van der Waals surface area contributed by atoms with Gasteiger partial charge in [0.05, 0.1) is 29.4 Å². The quantitative estimate of drug-likeness (QED) is 0.695. The summed E-state index contributed by atoms with van der Waals surface area (Å²) in [7, 11) is 0. The average Bonchev–Trinajstić information content (AvgIpc) is 2.69. The second-order valence-electron chi connectivity index (χ2n) is 7.08. The Bertz CT molecular complexity index is 1070. The van der Waals surface area contributed by atoms with Gasteiger partial charge in [-0.15, -0.1) is 0 Å². The van der Waals surface area contributed by atoms with Crippen molar-refractivity contribution in [2.24, 2.45) is 5.92 Å². The van der Waals surface area contributed by atoms with E-state index in [1.54, 1.807) is 30.3 Å². The highest BCUT2D eigenvalue weighted by molar-refractivity contribution is 5.81. The molecular formula is C21H18F3N5O. The summed E-state index contributed by atoms with van der Waals surface area (Å²) in [6.07, 6.45) is 2.36. The molecule has 1 amide bonds. The number of hydrogen-bond donors (Lipinski definition) is 1. The SMILES string of the molecule is Nc1ccc(-c2ccccc2F)nc1CC(=O)N1CC(C(F)(F)c2ncccn2)C1. The maximum Gasteiger partial charge on any atom is 0.312 e. The molecule has 6 nitrogen and oxygen atoms in total. The lowest BCUT2D eigenvalue weighted by Gasteiger charge is -2.42. The minimum atomic E-state index is -3.22. The highest BCUT2D eigenvalue weighted by Crippen LogP contribution is 2.39. The Balaban J connectivity index is 1.44. The van der Waals surface area contributed by atoms with Crippen LogP contribution in [0.25, 0.3) is 11.3 Å². The molecule has 4 rings (SSSR count). The summed E-state index contributed by atoms with van der Waals surface area (Å²) in [5, 5.41) is 0. The van der Waals surface area contributed by atoms with Crippen molar-refractivity contribution in [3.63, 3.8) is 0 Å². The van der Waals surface area contributed by atoms with Crippen molar-refractivity contribution in [1.82, 2.24) is 19.9 Å². The zero-order valence-electron chi connectivity index (χ0n) is 15.8. The van der Waals surface area contributed by atoms with Gasteiger partial charge in [-0.3, -0.25) is 9.78 Å². The Morgan fingerprint density at radius 1 is 1.10 bits per heavy atom. The van der Waals surface area contributed by atoms with Crippen molar-refractivity contribution >= 4 is 11.6 Å². The first kappa shape index (κ1) is 19.8. The third kappa shape index (κ3) is 3.70. The largest absolute Gasteiger partial charge is 0.397 e. The van der Waals surface area contributed by atoms with Gasteiger partial charge in [0.15, 0.2) is 5.82 Å². The molecule has 2 aromatic heterocycles. The molecule has 0 saturated carbocycles. The third-order valence-electron chi connectivity index (χ3n) is 5.09. The van der Waals surface area contributed by atoms with Crippen LogP contribution >= 0.6 is 0 Å². The second kappa shape index (κ2) is 7.74. The first-order valence-electron chi connectivity index (χ1n) is 9.29. The van der Waals surface area contributed by atoms with Crippen LogP contribution in [0.3, 0.4) is 0 Å². The summed E-state index contributed by atoms with van der Waals surface area (Å²) in [5.41, 5.74) is 7.12. The minimum absolute atomic E-state index is 0.114. The molecule has 0 atom stereocenters. The summed E-state index contributed by atoms with van der Waals surface area (Å²) in [6.45, 7) is -0.228. The van der Waals surface area contributed by atoms with E-state index in [1.807, 2.05) is 0 Å². The summed E-state index contributed by atoms with van der Waals surface area (Å²) in [4.78, 5) is 25.4. The minimum Gasteiger partial charge on any atom is -0.397 e. The zero-order chi connectivity index (χ0) is 21.3. The number of aromatic nitrogens is 3. The second-order valence-corrected chi connectivity index (χ2v) is 7.08. The van der Waals surface area contributed by atoms with Gasteiger partial charge in [0, 0.05) is 31.0 Å². The van der Waals surface area contributed by atoms with Gasteiger partial charge in [0.2, 0.25) is 5.91 Å². The number of halogens is 3. The summed E-state index contributed by atoms with van der Waals surface area (Å²) < 4.78 is 43.0. The van der Waals surface area contributed by atoms with Crippen LogP contribution in [0.15, 0.2) is 54.9 Å². The lowest BCUT2D eigenvalue weighted by Crippen LogP contribution is -2.56. The van der Waals surface area contributed by atoms with Crippen LogP contribution in [0.4, 0.5) is 18.9 Å². The molecule has 30 heavy (non-hydrogen) atoms. The van der Waals surface area contributed by atoms with Gasteiger partial charge in [-0.1, -0.05) is 12.1 Å². The standard InChI is InChI=1S/C21H18F3N5O/c22-15-5-2-1-4-14(15)17-7-6-16(25)18(28-17)10-19(30)29-11-13(12-29)21(23,24)20-26-8-3-9-27-20/h1-9,13H,10-12,25H2. The Labute approximate surface area is 170 Å². The van der Waals surface area contributed by atoms with Gasteiger partial charge < -0.3 is 10.6 Å². The van der Waals surface area contributed by atoms with Gasteiger partial charge in [-0.05, 0) is 30.3 Å². The van der Waals surface area contributed by atoms with Crippen LogP contribution in [0.5, 0.6) is 0 Å². The number of rotatable bonds is 5. The first-order valence-corrected chi connectivity index (χ1v) is 9.29. The molecule has 1 aromatic carbocycles. The number of likely N-dealkylation sites (tertiary alicyclic amines) is 1. The molecule has 0 spiro atoms. The highest BCUT2D eigenvalue weighted by Gasteiger charge is 2.51. The van der Waals surface area contributed by atoms with E-state index >= 15 is 0 Å². The van der Waals surface area contributed by atoms with Crippen molar-refractivity contribution in [1.29, 1.82) is 0 Å². The predicted molar refractivity (Wildman–Crippen MR) is 104 cm³/mol. The lowest BCUT2D eigenvalue weighted by molar-refractivity contribution is -0.157. The Morgan fingerprint density at radius 3 is 2.50 bits per heavy atom. The number of nitrogen functional groups attached to an aromatic ring is 1. The molecule has 1 saturated heterocycles. The van der Waals surface area contributed by atoms with E-state index in [0.29, 0.717) is 5.69 Å². The highest BCUT2D eigenvalue weighted by atomic mass is 19.3. The van der Waals surface area contributed by atoms with Crippen LogP contribution in [-0.4, -0.2) is 38.8 Å². The molecule has 154 valence electrons. The van der Waals surface area contributed by atoms with Gasteiger partial charge in [-0.25, -0.2) is 14.4 Å². The molecule has 9 heteroatoms. The zero-order valence-corrected chi connectivity index (χ0v) is 15.8. The van der Waals surface area contributed by atoms with Crippen LogP contribution < -0.4 is 5.73 Å². The van der Waals surface area contributed by atoms with Crippen LogP contribution in [0.2, 0.25) is 0 Å². The number of benzene rings is 1. The molecule has 3 heterocycles. The number of nitrogens with zero attached hydrogens (tertiary/aromatic N) is 4. The molecular weight excluding hydrogens is 395 g/mol. The van der Waals surface area contributed by atoms with Gasteiger partial charge in [-0.2, -0.15) is 8.78 Å². The summed E-state index contributed by atoms with van der Waals surface area (Å²) in [5.74, 6) is -5.64. The maximum atomic E-state index is 14.5. The van der Waals surface area contributed by atoms with E-state index < -0.39 is 23.5 Å². The smallest absolute Gasteiger partial charge is 0.312 e. The van der Waals surface area contributed by atoms with Crippen LogP contribution in [0.1, 0.15) is 11.5 Å². The van der Waals surface area contributed by atoms with E-state index in [2.05, 4.69) is 15.0 Å². The predicted octanol–water partition coefficient (Wildman–Crippen LogP) is 3.05. The topological polar surface area (TPSA) is 85.0 Å². The summed E-state index contributed by atoms with van der Waals surface area (Å²) in [6, 6.07) is 10.7. The summed E-state index contributed by atoms with van der Waals surface area (Å²) >= 11 is 0. The molecule has 0 unspecified atom stereocenters. The third-order valence-corrected chi connectivity index (χ3v) is 5.09. The van der Waals surface area contributed by atoms with E-state index in [4.69, 9.17) is 5.73 Å². The van der Waals surface area contributed by atoms with Gasteiger partial charge in [0.1, 0.15) is 5.82 Å². The Kier molecular flexibility index (Phi) is 5.11. The molecule has 1 aliphatic heterocycles. The maximum absolute atomic E-state index is 14.5. The number of alkyl halides is 2. The fourth-order valence-corrected chi connectivity index (χ4v) is 3.29. The number of hydrogen-bond acceptors (Lipinski definition) is 5. The lowest BCUT2D eigenvalue weighted by atomic mass is 9.91. The number of anilines is 1. The number of carbonyl (C=O) groups excluding carboxylic acids is 1. The first-order chi connectivity index (χ1) is 14.4. The van der Waals surface area contributed by atoms with E-state index in [9.17, 15) is 18.0 Å². The van der Waals surface area contributed by atoms with Crippen LogP contribution in [-0.2, 0) is 17.1 Å². The normalized spacial score (nSPS) is 14.4.